The zero-order valence-electron chi connectivity index (χ0n) is 10.1. The molecule has 1 heterocycles. The molecule has 1 aromatic carbocycles. The van der Waals surface area contributed by atoms with Crippen molar-refractivity contribution in [2.45, 2.75) is 25.9 Å². The van der Waals surface area contributed by atoms with Crippen LogP contribution in [0.15, 0.2) is 30.5 Å². The molecule has 2 N–H and O–H groups in total. The minimum absolute atomic E-state index is 0.0149. The third kappa shape index (κ3) is 2.11. The molecule has 0 radical (unpaired) electrons. The summed E-state index contributed by atoms with van der Waals surface area (Å²) >= 11 is 0. The van der Waals surface area contributed by atoms with Crippen molar-refractivity contribution in [1.82, 2.24) is 10.5 Å². The second-order valence-electron chi connectivity index (χ2n) is 4.74. The Labute approximate surface area is 105 Å². The highest BCUT2D eigenvalue weighted by atomic mass is 16.6. The summed E-state index contributed by atoms with van der Waals surface area (Å²) < 4.78 is 0. The molecule has 0 aliphatic heterocycles. The molecule has 1 fully saturated rings. The average molecular weight is 244 g/mol. The van der Waals surface area contributed by atoms with E-state index >= 15 is 0 Å². The molecule has 1 aliphatic rings. The van der Waals surface area contributed by atoms with E-state index in [4.69, 9.17) is 4.84 Å². The summed E-state index contributed by atoms with van der Waals surface area (Å²) in [5, 5.41) is 1.13. The van der Waals surface area contributed by atoms with Crippen LogP contribution >= 0.6 is 0 Å². The molecule has 3 rings (SSSR count). The topological polar surface area (TPSA) is 54.1 Å². The number of aromatic nitrogens is 1. The number of carbonyl (C=O) groups is 1. The van der Waals surface area contributed by atoms with Gasteiger partial charge in [0.15, 0.2) is 0 Å². The van der Waals surface area contributed by atoms with E-state index in [1.807, 2.05) is 30.5 Å². The van der Waals surface area contributed by atoms with Gasteiger partial charge in [0.2, 0.25) is 5.91 Å². The van der Waals surface area contributed by atoms with Crippen LogP contribution in [0.1, 0.15) is 24.8 Å². The fourth-order valence-electron chi connectivity index (χ4n) is 2.19. The molecular weight excluding hydrogens is 228 g/mol. The quantitative estimate of drug-likeness (QED) is 0.812. The molecule has 4 heteroatoms. The zero-order chi connectivity index (χ0) is 12.4. The maximum Gasteiger partial charge on any atom is 0.246 e. The molecule has 1 aliphatic carbocycles. The fraction of sp³-hybridized carbons (Fsp3) is 0.357. The van der Waals surface area contributed by atoms with Crippen LogP contribution in [0.4, 0.5) is 0 Å². The first-order chi connectivity index (χ1) is 8.84. The van der Waals surface area contributed by atoms with Gasteiger partial charge in [-0.25, -0.2) is 5.48 Å². The van der Waals surface area contributed by atoms with E-state index in [-0.39, 0.29) is 11.8 Å². The van der Waals surface area contributed by atoms with Crippen molar-refractivity contribution in [2.75, 3.05) is 0 Å². The minimum Gasteiger partial charge on any atom is -0.361 e. The van der Waals surface area contributed by atoms with Crippen LogP contribution in [0.25, 0.3) is 10.9 Å². The van der Waals surface area contributed by atoms with Gasteiger partial charge in [-0.3, -0.25) is 9.63 Å². The molecular formula is C14H16N2O2. The molecule has 1 amide bonds. The number of nitrogens with one attached hydrogen (secondary N) is 2. The number of benzene rings is 1. The SMILES string of the molecule is O=C(NOCc1c[nH]c2ccccc12)C1CCC1. The Hall–Kier alpha value is -1.81. The Morgan fingerprint density at radius 2 is 2.22 bits per heavy atom. The van der Waals surface area contributed by atoms with E-state index in [9.17, 15) is 4.79 Å². The molecule has 0 spiro atoms. The fourth-order valence-corrected chi connectivity index (χ4v) is 2.19. The van der Waals surface area contributed by atoms with Crippen molar-refractivity contribution in [3.05, 3.63) is 36.0 Å². The van der Waals surface area contributed by atoms with E-state index in [2.05, 4.69) is 10.5 Å². The predicted molar refractivity (Wildman–Crippen MR) is 68.6 cm³/mol. The van der Waals surface area contributed by atoms with Gasteiger partial charge in [-0.1, -0.05) is 24.6 Å². The molecule has 4 nitrogen and oxygen atoms in total. The summed E-state index contributed by atoms with van der Waals surface area (Å²) in [5.41, 5.74) is 4.67. The second-order valence-corrected chi connectivity index (χ2v) is 4.74. The number of aromatic amines is 1. The maximum atomic E-state index is 11.6. The molecule has 0 saturated heterocycles. The number of H-pyrrole nitrogens is 1. The lowest BCUT2D eigenvalue weighted by atomic mass is 9.85. The molecule has 94 valence electrons. The van der Waals surface area contributed by atoms with Crippen molar-refractivity contribution in [2.24, 2.45) is 5.92 Å². The summed E-state index contributed by atoms with van der Waals surface area (Å²) in [7, 11) is 0. The van der Waals surface area contributed by atoms with Gasteiger partial charge in [0.05, 0.1) is 0 Å². The lowest BCUT2D eigenvalue weighted by Gasteiger charge is -2.23. The normalized spacial score (nSPS) is 15.6. The van der Waals surface area contributed by atoms with E-state index in [0.717, 1.165) is 35.7 Å². The van der Waals surface area contributed by atoms with Crippen LogP contribution in [-0.4, -0.2) is 10.9 Å². The van der Waals surface area contributed by atoms with Gasteiger partial charge in [-0.05, 0) is 18.9 Å². The molecule has 18 heavy (non-hydrogen) atoms. The number of hydrogen-bond donors (Lipinski definition) is 2. The van der Waals surface area contributed by atoms with Crippen LogP contribution in [0, 0.1) is 5.92 Å². The summed E-state index contributed by atoms with van der Waals surface area (Å²) in [5.74, 6) is 0.175. The third-order valence-electron chi connectivity index (χ3n) is 3.55. The Morgan fingerprint density at radius 3 is 3.00 bits per heavy atom. The molecule has 1 saturated carbocycles. The average Bonchev–Trinajstić information content (AvgIpc) is 2.71. The summed E-state index contributed by atoms with van der Waals surface area (Å²) in [4.78, 5) is 20.0. The van der Waals surface area contributed by atoms with E-state index in [1.165, 1.54) is 0 Å². The first-order valence-corrected chi connectivity index (χ1v) is 6.31. The van der Waals surface area contributed by atoms with Gasteiger partial charge in [0.25, 0.3) is 0 Å². The van der Waals surface area contributed by atoms with Gasteiger partial charge >= 0.3 is 0 Å². The minimum atomic E-state index is 0.0149. The zero-order valence-corrected chi connectivity index (χ0v) is 10.1. The van der Waals surface area contributed by atoms with E-state index in [1.54, 1.807) is 0 Å². The highest BCUT2D eigenvalue weighted by Gasteiger charge is 2.25. The number of carbonyl (C=O) groups excluding carboxylic acids is 1. The van der Waals surface area contributed by atoms with Crippen molar-refractivity contribution in [1.29, 1.82) is 0 Å². The predicted octanol–water partition coefficient (Wildman–Crippen LogP) is 2.52. The maximum absolute atomic E-state index is 11.6. The lowest BCUT2D eigenvalue weighted by molar-refractivity contribution is -0.141. The van der Waals surface area contributed by atoms with E-state index < -0.39 is 0 Å². The molecule has 1 aromatic heterocycles. The number of para-hydroxylation sites is 1. The molecule has 0 atom stereocenters. The second kappa shape index (κ2) is 4.82. The Kier molecular flexibility index (Phi) is 3.02. The Balaban J connectivity index is 1.58. The van der Waals surface area contributed by atoms with Crippen LogP contribution in [-0.2, 0) is 16.2 Å². The van der Waals surface area contributed by atoms with Gasteiger partial charge in [-0.2, -0.15) is 0 Å². The van der Waals surface area contributed by atoms with Gasteiger partial charge in [-0.15, -0.1) is 0 Å². The largest absolute Gasteiger partial charge is 0.361 e. The molecule has 0 bridgehead atoms. The summed E-state index contributed by atoms with van der Waals surface area (Å²) in [6.07, 6.45) is 5.05. The van der Waals surface area contributed by atoms with Gasteiger partial charge < -0.3 is 4.98 Å². The van der Waals surface area contributed by atoms with Crippen molar-refractivity contribution < 1.29 is 9.63 Å². The van der Waals surface area contributed by atoms with Crippen molar-refractivity contribution in [3.63, 3.8) is 0 Å². The lowest BCUT2D eigenvalue weighted by Crippen LogP contribution is -2.34. The third-order valence-corrected chi connectivity index (χ3v) is 3.55. The highest BCUT2D eigenvalue weighted by Crippen LogP contribution is 2.26. The monoisotopic (exact) mass is 244 g/mol. The number of amides is 1. The highest BCUT2D eigenvalue weighted by molar-refractivity contribution is 5.83. The van der Waals surface area contributed by atoms with Gasteiger partial charge in [0.1, 0.15) is 6.61 Å². The first-order valence-electron chi connectivity index (χ1n) is 6.31. The standard InChI is InChI=1S/C14H16N2O2/c17-14(10-4-3-5-10)16-18-9-11-8-15-13-7-2-1-6-12(11)13/h1-2,6-8,10,15H,3-5,9H2,(H,16,17). The first kappa shape index (κ1) is 11.3. The van der Waals surface area contributed by atoms with Gasteiger partial charge in [0, 0.05) is 28.6 Å². The van der Waals surface area contributed by atoms with Crippen LogP contribution in [0.5, 0.6) is 0 Å². The number of rotatable bonds is 4. The number of hydroxylamine groups is 1. The summed E-state index contributed by atoms with van der Waals surface area (Å²) in [6.45, 7) is 0.391. The van der Waals surface area contributed by atoms with Crippen molar-refractivity contribution >= 4 is 16.8 Å². The number of hydrogen-bond acceptors (Lipinski definition) is 2. The van der Waals surface area contributed by atoms with Crippen LogP contribution < -0.4 is 5.48 Å². The van der Waals surface area contributed by atoms with Crippen molar-refractivity contribution in [3.8, 4) is 0 Å². The number of fused-ring (bicyclic) bond motifs is 1. The molecule has 2 aromatic rings. The van der Waals surface area contributed by atoms with Crippen LogP contribution in [0.2, 0.25) is 0 Å². The Bertz CT molecular complexity index is 558. The van der Waals surface area contributed by atoms with E-state index in [0.29, 0.717) is 6.61 Å². The summed E-state index contributed by atoms with van der Waals surface area (Å²) in [6, 6.07) is 8.04. The molecule has 0 unspecified atom stereocenters. The Morgan fingerprint density at radius 1 is 1.39 bits per heavy atom. The smallest absolute Gasteiger partial charge is 0.246 e. The van der Waals surface area contributed by atoms with Crippen LogP contribution in [0.3, 0.4) is 0 Å².